The van der Waals surface area contributed by atoms with Crippen LogP contribution in [0.5, 0.6) is 0 Å². The predicted molar refractivity (Wildman–Crippen MR) is 104 cm³/mol. The van der Waals surface area contributed by atoms with Crippen LogP contribution >= 0.6 is 0 Å². The molecule has 1 amide bonds. The minimum absolute atomic E-state index is 0.0380. The number of non-ortho nitro benzene ring substituents is 1. The van der Waals surface area contributed by atoms with Crippen LogP contribution in [0.25, 0.3) is 0 Å². The largest absolute Gasteiger partial charge is 0.415 e. The second kappa shape index (κ2) is 7.72. The van der Waals surface area contributed by atoms with Gasteiger partial charge in [-0.3, -0.25) is 19.8 Å². The summed E-state index contributed by atoms with van der Waals surface area (Å²) in [5.74, 6) is -2.16. The zero-order valence-electron chi connectivity index (χ0n) is 17.0. The molecule has 0 aromatic heterocycles. The number of nitro groups is 1. The van der Waals surface area contributed by atoms with Gasteiger partial charge in [0, 0.05) is 30.1 Å². The lowest BCUT2D eigenvalue weighted by Crippen LogP contribution is -2.51. The Labute approximate surface area is 183 Å². The molecule has 1 aromatic carbocycles. The van der Waals surface area contributed by atoms with Crippen molar-refractivity contribution in [2.75, 3.05) is 7.05 Å². The maximum absolute atomic E-state index is 14.3. The molecule has 12 heteroatoms. The van der Waals surface area contributed by atoms with Gasteiger partial charge in [0.1, 0.15) is 0 Å². The molecule has 2 aliphatic heterocycles. The van der Waals surface area contributed by atoms with Gasteiger partial charge < -0.3 is 5.32 Å². The third kappa shape index (κ3) is 4.14. The summed E-state index contributed by atoms with van der Waals surface area (Å²) in [6, 6.07) is 2.05. The van der Waals surface area contributed by atoms with Gasteiger partial charge >= 0.3 is 12.4 Å². The minimum Gasteiger partial charge on any atom is -0.325 e. The van der Waals surface area contributed by atoms with Crippen LogP contribution in [0.2, 0.25) is 0 Å². The van der Waals surface area contributed by atoms with Gasteiger partial charge in [0.15, 0.2) is 0 Å². The monoisotopic (exact) mass is 473 g/mol. The fraction of sp³-hybridized carbons (Fsp3) is 0.381. The first kappa shape index (κ1) is 23.0. The molecule has 0 spiro atoms. The number of alkyl halides is 6. The maximum Gasteiger partial charge on any atom is 0.415 e. The Bertz CT molecular complexity index is 1100. The molecule has 3 atom stereocenters. The molecule has 0 saturated carbocycles. The van der Waals surface area contributed by atoms with Gasteiger partial charge in [0.2, 0.25) is 5.91 Å². The summed E-state index contributed by atoms with van der Waals surface area (Å²) in [5, 5.41) is 13.3. The van der Waals surface area contributed by atoms with Gasteiger partial charge in [-0.1, -0.05) is 24.3 Å². The van der Waals surface area contributed by atoms with Gasteiger partial charge in [-0.25, -0.2) is 0 Å². The number of halogens is 6. The number of hydrogen-bond donors (Lipinski definition) is 1. The summed E-state index contributed by atoms with van der Waals surface area (Å²) in [4.78, 5) is 23.6. The van der Waals surface area contributed by atoms with Crippen LogP contribution in [-0.2, 0) is 4.79 Å². The van der Waals surface area contributed by atoms with E-state index in [1.54, 1.807) is 0 Å². The van der Waals surface area contributed by atoms with Crippen molar-refractivity contribution in [2.45, 2.75) is 43.2 Å². The molecular formula is C21H17F6N3O3. The molecule has 0 radical (unpaired) electrons. The first-order valence-corrected chi connectivity index (χ1v) is 9.84. The summed E-state index contributed by atoms with van der Waals surface area (Å²) < 4.78 is 82.4. The summed E-state index contributed by atoms with van der Waals surface area (Å²) in [7, 11) is 1.31. The molecule has 1 fully saturated rings. The van der Waals surface area contributed by atoms with Crippen molar-refractivity contribution < 1.29 is 36.1 Å². The number of likely N-dealkylation sites (N-methyl/N-ethyl adjacent to an activating group) is 1. The topological polar surface area (TPSA) is 75.5 Å². The van der Waals surface area contributed by atoms with Crippen molar-refractivity contribution in [2.24, 2.45) is 0 Å². The smallest absolute Gasteiger partial charge is 0.325 e. The maximum atomic E-state index is 14.3. The van der Waals surface area contributed by atoms with Crippen LogP contribution in [0.1, 0.15) is 24.3 Å². The van der Waals surface area contributed by atoms with E-state index in [9.17, 15) is 41.3 Å². The number of fused-ring (bicyclic) bond motifs is 2. The first-order chi connectivity index (χ1) is 15.3. The van der Waals surface area contributed by atoms with E-state index in [2.05, 4.69) is 5.32 Å². The van der Waals surface area contributed by atoms with Gasteiger partial charge in [-0.05, 0) is 23.8 Å². The van der Waals surface area contributed by atoms with Crippen molar-refractivity contribution in [1.29, 1.82) is 0 Å². The molecule has 1 saturated heterocycles. The van der Waals surface area contributed by atoms with E-state index in [1.807, 2.05) is 0 Å². The molecule has 1 N–H and O–H groups in total. The number of allylic oxidation sites excluding steroid dienone is 1. The molecule has 4 rings (SSSR count). The second-order valence-electron chi connectivity index (χ2n) is 8.13. The van der Waals surface area contributed by atoms with Crippen molar-refractivity contribution >= 4 is 11.6 Å². The molecule has 6 nitrogen and oxygen atoms in total. The summed E-state index contributed by atoms with van der Waals surface area (Å²) in [5.41, 5.74) is -1.36. The van der Waals surface area contributed by atoms with Crippen LogP contribution in [0.15, 0.2) is 58.8 Å². The Balaban J connectivity index is 1.93. The van der Waals surface area contributed by atoms with Gasteiger partial charge in [0.05, 0.1) is 29.0 Å². The van der Waals surface area contributed by atoms with Crippen LogP contribution in [-0.4, -0.2) is 47.2 Å². The van der Waals surface area contributed by atoms with Crippen LogP contribution in [0.4, 0.5) is 32.0 Å². The minimum atomic E-state index is -4.92. The normalized spacial score (nSPS) is 25.8. The fourth-order valence-electron chi connectivity index (χ4n) is 4.79. The lowest BCUT2D eigenvalue weighted by molar-refractivity contribution is -0.384. The highest BCUT2D eigenvalue weighted by atomic mass is 19.4. The Morgan fingerprint density at radius 3 is 2.33 bits per heavy atom. The number of carbonyl (C=O) groups excluding carboxylic acids is 1. The number of nitrogens with one attached hydrogen (secondary N) is 1. The second-order valence-corrected chi connectivity index (χ2v) is 8.13. The molecule has 2 heterocycles. The Morgan fingerprint density at radius 1 is 1.15 bits per heavy atom. The standard InChI is InChI=1S/C21H17F6N3O3/c1-29-12(9-20(22,23)24)6-7-13-14-8-15(31)28-18(14)17(21(25,26)27)16(19(13)29)10-2-4-11(5-3-10)30(32)33/h2-7,12,16,19H,8-9H2,1H3,(H,28,31)/t12-,16?,19-/m0/s1. The van der Waals surface area contributed by atoms with Gasteiger partial charge in [-0.2, -0.15) is 26.3 Å². The molecule has 33 heavy (non-hydrogen) atoms. The van der Waals surface area contributed by atoms with E-state index in [0.29, 0.717) is 5.57 Å². The summed E-state index contributed by atoms with van der Waals surface area (Å²) in [6.07, 6.45) is -8.42. The van der Waals surface area contributed by atoms with Crippen molar-refractivity contribution in [1.82, 2.24) is 10.2 Å². The number of nitro benzene ring substituents is 1. The number of nitrogens with zero attached hydrogens (tertiary/aromatic N) is 2. The van der Waals surface area contributed by atoms with E-state index in [-0.39, 0.29) is 23.2 Å². The quantitative estimate of drug-likeness (QED) is 0.398. The zero-order valence-corrected chi connectivity index (χ0v) is 17.0. The molecule has 1 aromatic rings. The van der Waals surface area contributed by atoms with Crippen LogP contribution in [0.3, 0.4) is 0 Å². The highest BCUT2D eigenvalue weighted by Crippen LogP contribution is 2.52. The number of hydrogen-bond acceptors (Lipinski definition) is 4. The van der Waals surface area contributed by atoms with Gasteiger partial charge in [0.25, 0.3) is 5.69 Å². The van der Waals surface area contributed by atoms with Crippen molar-refractivity contribution in [3.63, 3.8) is 0 Å². The Morgan fingerprint density at radius 2 is 1.79 bits per heavy atom. The predicted octanol–water partition coefficient (Wildman–Crippen LogP) is 4.52. The van der Waals surface area contributed by atoms with E-state index < -0.39 is 58.9 Å². The van der Waals surface area contributed by atoms with E-state index in [0.717, 1.165) is 12.1 Å². The molecule has 3 aliphatic rings. The van der Waals surface area contributed by atoms with Crippen LogP contribution in [0, 0.1) is 10.1 Å². The van der Waals surface area contributed by atoms with Crippen molar-refractivity contribution in [3.8, 4) is 0 Å². The SMILES string of the molecule is CN1[C@H](CC(F)(F)F)C=CC2=C3CC(=O)NC3=C(C(F)(F)F)C(c3ccc([N+](=O)[O-])cc3)[C@H]21. The Kier molecular flexibility index (Phi) is 5.38. The summed E-state index contributed by atoms with van der Waals surface area (Å²) in [6.45, 7) is 0. The summed E-state index contributed by atoms with van der Waals surface area (Å²) >= 11 is 0. The molecule has 1 unspecified atom stereocenters. The van der Waals surface area contributed by atoms with E-state index >= 15 is 0 Å². The average molecular weight is 473 g/mol. The van der Waals surface area contributed by atoms with Crippen molar-refractivity contribution in [3.05, 3.63) is 74.5 Å². The highest BCUT2D eigenvalue weighted by molar-refractivity contribution is 5.89. The molecule has 1 aliphatic carbocycles. The lowest BCUT2D eigenvalue weighted by atomic mass is 9.71. The van der Waals surface area contributed by atoms with Gasteiger partial charge in [-0.15, -0.1) is 0 Å². The third-order valence-corrected chi connectivity index (χ3v) is 6.14. The number of carbonyl (C=O) groups is 1. The highest BCUT2D eigenvalue weighted by Gasteiger charge is 2.53. The van der Waals surface area contributed by atoms with E-state index in [1.165, 1.54) is 36.2 Å². The number of amides is 1. The lowest BCUT2D eigenvalue weighted by Gasteiger charge is -2.46. The third-order valence-electron chi connectivity index (χ3n) is 6.14. The zero-order chi connectivity index (χ0) is 24.3. The molecule has 0 bridgehead atoms. The Hall–Kier alpha value is -3.15. The van der Waals surface area contributed by atoms with E-state index in [4.69, 9.17) is 0 Å². The first-order valence-electron chi connectivity index (χ1n) is 9.84. The average Bonchev–Trinajstić information content (AvgIpc) is 3.08. The number of benzene rings is 1. The van der Waals surface area contributed by atoms with Crippen LogP contribution < -0.4 is 5.32 Å². The molecule has 176 valence electrons. The molecular weight excluding hydrogens is 456 g/mol. The number of rotatable bonds is 3. The fourth-order valence-corrected chi connectivity index (χ4v) is 4.79.